The second-order valence-electron chi connectivity index (χ2n) is 4.97. The van der Waals surface area contributed by atoms with E-state index in [1.807, 2.05) is 6.92 Å². The molecule has 2 rings (SSSR count). The molecule has 0 aromatic rings. The van der Waals surface area contributed by atoms with Crippen LogP contribution in [-0.4, -0.2) is 49.4 Å². The maximum absolute atomic E-state index is 11.8. The predicted octanol–water partition coefficient (Wildman–Crippen LogP) is -0.419. The van der Waals surface area contributed by atoms with Crippen molar-refractivity contribution in [1.82, 2.24) is 15.5 Å². The van der Waals surface area contributed by atoms with Crippen molar-refractivity contribution < 1.29 is 9.59 Å². The molecule has 96 valence electrons. The van der Waals surface area contributed by atoms with Crippen LogP contribution in [0.5, 0.6) is 0 Å². The number of carbonyl (C=O) groups excluding carboxylic acids is 2. The van der Waals surface area contributed by atoms with E-state index in [9.17, 15) is 9.59 Å². The highest BCUT2D eigenvalue weighted by Gasteiger charge is 2.32. The van der Waals surface area contributed by atoms with Gasteiger partial charge in [0, 0.05) is 32.1 Å². The van der Waals surface area contributed by atoms with E-state index in [1.165, 1.54) is 0 Å². The summed E-state index contributed by atoms with van der Waals surface area (Å²) >= 11 is 0. The zero-order valence-electron chi connectivity index (χ0n) is 10.4. The molecule has 2 fully saturated rings. The molecule has 1 saturated carbocycles. The molecule has 0 aromatic heterocycles. The lowest BCUT2D eigenvalue weighted by Gasteiger charge is -2.27. The molecule has 2 aliphatic rings. The maximum atomic E-state index is 11.8. The third-order valence-electron chi connectivity index (χ3n) is 3.63. The standard InChI is InChI=1S/C12H21N3O2/c1-9(10-2-3-10)12(17)14-8-11(16)15-6-4-13-5-7-15/h9-10,13H,2-8H2,1H3,(H,14,17). The Balaban J connectivity index is 1.69. The number of nitrogens with one attached hydrogen (secondary N) is 2. The molecule has 1 heterocycles. The summed E-state index contributed by atoms with van der Waals surface area (Å²) in [6.07, 6.45) is 2.31. The van der Waals surface area contributed by atoms with Crippen LogP contribution in [0.15, 0.2) is 0 Å². The number of carbonyl (C=O) groups is 2. The van der Waals surface area contributed by atoms with Crippen LogP contribution in [0.25, 0.3) is 0 Å². The first kappa shape index (κ1) is 12.4. The van der Waals surface area contributed by atoms with Gasteiger partial charge < -0.3 is 15.5 Å². The van der Waals surface area contributed by atoms with E-state index in [4.69, 9.17) is 0 Å². The highest BCUT2D eigenvalue weighted by Crippen LogP contribution is 2.36. The molecule has 2 N–H and O–H groups in total. The van der Waals surface area contributed by atoms with Crippen LogP contribution >= 0.6 is 0 Å². The minimum Gasteiger partial charge on any atom is -0.347 e. The summed E-state index contributed by atoms with van der Waals surface area (Å²) < 4.78 is 0. The average molecular weight is 239 g/mol. The van der Waals surface area contributed by atoms with E-state index in [0.717, 1.165) is 39.0 Å². The second kappa shape index (κ2) is 5.49. The Morgan fingerprint density at radius 1 is 1.35 bits per heavy atom. The fourth-order valence-corrected chi connectivity index (χ4v) is 2.16. The number of piperazine rings is 1. The molecule has 1 saturated heterocycles. The SMILES string of the molecule is CC(C(=O)NCC(=O)N1CCNCC1)C1CC1. The Bertz CT molecular complexity index is 296. The molecule has 2 amide bonds. The lowest BCUT2D eigenvalue weighted by Crippen LogP contribution is -2.50. The molecular weight excluding hydrogens is 218 g/mol. The van der Waals surface area contributed by atoms with Gasteiger partial charge in [0.15, 0.2) is 0 Å². The van der Waals surface area contributed by atoms with E-state index >= 15 is 0 Å². The van der Waals surface area contributed by atoms with E-state index < -0.39 is 0 Å². The fraction of sp³-hybridized carbons (Fsp3) is 0.833. The lowest BCUT2D eigenvalue weighted by molar-refractivity contribution is -0.134. The molecule has 0 spiro atoms. The van der Waals surface area contributed by atoms with Gasteiger partial charge in [0.1, 0.15) is 0 Å². The van der Waals surface area contributed by atoms with Crippen LogP contribution in [0.1, 0.15) is 19.8 Å². The topological polar surface area (TPSA) is 61.4 Å². The fourth-order valence-electron chi connectivity index (χ4n) is 2.16. The molecule has 0 radical (unpaired) electrons. The van der Waals surface area contributed by atoms with E-state index in [0.29, 0.717) is 5.92 Å². The van der Waals surface area contributed by atoms with Crippen LogP contribution in [0.2, 0.25) is 0 Å². The summed E-state index contributed by atoms with van der Waals surface area (Å²) in [7, 11) is 0. The highest BCUT2D eigenvalue weighted by atomic mass is 16.2. The molecule has 1 aliphatic carbocycles. The number of nitrogens with zero attached hydrogens (tertiary/aromatic N) is 1. The summed E-state index contributed by atoms with van der Waals surface area (Å²) in [5, 5.41) is 5.94. The van der Waals surface area contributed by atoms with Crippen LogP contribution < -0.4 is 10.6 Å². The van der Waals surface area contributed by atoms with Crippen molar-refractivity contribution in [2.24, 2.45) is 11.8 Å². The summed E-state index contributed by atoms with van der Waals surface area (Å²) in [6.45, 7) is 5.27. The summed E-state index contributed by atoms with van der Waals surface area (Å²) in [4.78, 5) is 25.3. The van der Waals surface area contributed by atoms with Crippen LogP contribution in [-0.2, 0) is 9.59 Å². The van der Waals surface area contributed by atoms with Gasteiger partial charge in [-0.1, -0.05) is 6.92 Å². The largest absolute Gasteiger partial charge is 0.347 e. The first-order chi connectivity index (χ1) is 8.18. The molecule has 0 bridgehead atoms. The number of amides is 2. The van der Waals surface area contributed by atoms with E-state index in [1.54, 1.807) is 4.90 Å². The smallest absolute Gasteiger partial charge is 0.242 e. The molecule has 5 nitrogen and oxygen atoms in total. The molecule has 0 aromatic carbocycles. The van der Waals surface area contributed by atoms with Gasteiger partial charge in [0.25, 0.3) is 0 Å². The molecular formula is C12H21N3O2. The third kappa shape index (κ3) is 3.43. The first-order valence-electron chi connectivity index (χ1n) is 6.44. The van der Waals surface area contributed by atoms with Gasteiger partial charge in [-0.05, 0) is 18.8 Å². The van der Waals surface area contributed by atoms with Crippen molar-refractivity contribution in [1.29, 1.82) is 0 Å². The second-order valence-corrected chi connectivity index (χ2v) is 4.97. The van der Waals surface area contributed by atoms with E-state index in [2.05, 4.69) is 10.6 Å². The Labute approximate surface area is 102 Å². The molecule has 1 unspecified atom stereocenters. The van der Waals surface area contributed by atoms with Gasteiger partial charge >= 0.3 is 0 Å². The number of rotatable bonds is 4. The quantitative estimate of drug-likeness (QED) is 0.700. The Morgan fingerprint density at radius 3 is 2.59 bits per heavy atom. The van der Waals surface area contributed by atoms with Gasteiger partial charge in [-0.2, -0.15) is 0 Å². The zero-order valence-corrected chi connectivity index (χ0v) is 10.4. The van der Waals surface area contributed by atoms with Gasteiger partial charge in [-0.25, -0.2) is 0 Å². The monoisotopic (exact) mass is 239 g/mol. The number of hydrogen-bond donors (Lipinski definition) is 2. The lowest BCUT2D eigenvalue weighted by atomic mass is 10.1. The van der Waals surface area contributed by atoms with Gasteiger partial charge in [0.2, 0.25) is 11.8 Å². The van der Waals surface area contributed by atoms with Gasteiger partial charge in [0.05, 0.1) is 6.54 Å². The van der Waals surface area contributed by atoms with Crippen molar-refractivity contribution in [2.75, 3.05) is 32.7 Å². The van der Waals surface area contributed by atoms with Crippen LogP contribution in [0.4, 0.5) is 0 Å². The maximum Gasteiger partial charge on any atom is 0.242 e. The first-order valence-corrected chi connectivity index (χ1v) is 6.44. The molecule has 17 heavy (non-hydrogen) atoms. The molecule has 5 heteroatoms. The van der Waals surface area contributed by atoms with Gasteiger partial charge in [-0.3, -0.25) is 9.59 Å². The third-order valence-corrected chi connectivity index (χ3v) is 3.63. The van der Waals surface area contributed by atoms with Crippen molar-refractivity contribution in [3.63, 3.8) is 0 Å². The minimum atomic E-state index is 0.0241. The van der Waals surface area contributed by atoms with Crippen molar-refractivity contribution in [2.45, 2.75) is 19.8 Å². The minimum absolute atomic E-state index is 0.0241. The highest BCUT2D eigenvalue weighted by molar-refractivity contribution is 5.86. The van der Waals surface area contributed by atoms with E-state index in [-0.39, 0.29) is 24.3 Å². The Morgan fingerprint density at radius 2 is 2.00 bits per heavy atom. The summed E-state index contributed by atoms with van der Waals surface area (Å²) in [6, 6.07) is 0. The summed E-state index contributed by atoms with van der Waals surface area (Å²) in [5.41, 5.74) is 0. The predicted molar refractivity (Wildman–Crippen MR) is 64.3 cm³/mol. The van der Waals surface area contributed by atoms with Crippen LogP contribution in [0, 0.1) is 11.8 Å². The summed E-state index contributed by atoms with van der Waals surface area (Å²) in [5.74, 6) is 0.661. The van der Waals surface area contributed by atoms with Crippen molar-refractivity contribution in [3.8, 4) is 0 Å². The Hall–Kier alpha value is -1.10. The number of hydrogen-bond acceptors (Lipinski definition) is 3. The normalized spacial score (nSPS) is 22.1. The van der Waals surface area contributed by atoms with Crippen molar-refractivity contribution in [3.05, 3.63) is 0 Å². The average Bonchev–Trinajstić information content (AvgIpc) is 3.20. The molecule has 1 aliphatic heterocycles. The van der Waals surface area contributed by atoms with Crippen LogP contribution in [0.3, 0.4) is 0 Å². The van der Waals surface area contributed by atoms with Gasteiger partial charge in [-0.15, -0.1) is 0 Å². The van der Waals surface area contributed by atoms with Crippen molar-refractivity contribution >= 4 is 11.8 Å². The zero-order chi connectivity index (χ0) is 12.3. The Kier molecular flexibility index (Phi) is 3.99. The molecule has 1 atom stereocenters.